The Kier molecular flexibility index (Phi) is 9.70. The smallest absolute Gasteiger partial charge is 0.410 e. The molecule has 2 amide bonds. The van der Waals surface area contributed by atoms with Crippen LogP contribution in [-0.2, 0) is 29.3 Å². The summed E-state index contributed by atoms with van der Waals surface area (Å²) in [4.78, 5) is 49.4. The van der Waals surface area contributed by atoms with Crippen molar-refractivity contribution < 1.29 is 28.7 Å². The number of halogens is 1. The molecule has 1 aliphatic rings. The van der Waals surface area contributed by atoms with E-state index in [-0.39, 0.29) is 30.1 Å². The van der Waals surface area contributed by atoms with E-state index in [2.05, 4.69) is 10.6 Å². The summed E-state index contributed by atoms with van der Waals surface area (Å²) in [6, 6.07) is 6.28. The van der Waals surface area contributed by atoms with Gasteiger partial charge in [-0.25, -0.2) is 9.59 Å². The Hall–Kier alpha value is -2.61. The van der Waals surface area contributed by atoms with Crippen molar-refractivity contribution in [3.8, 4) is 0 Å². The molecule has 0 aromatic heterocycles. The maximum Gasteiger partial charge on any atom is 0.410 e. The topological polar surface area (TPSA) is 111 Å². The summed E-state index contributed by atoms with van der Waals surface area (Å²) >= 11 is 6.37. The highest BCUT2D eigenvalue weighted by Crippen LogP contribution is 2.39. The second kappa shape index (κ2) is 12.0. The summed E-state index contributed by atoms with van der Waals surface area (Å²) in [5.41, 5.74) is -0.236. The van der Waals surface area contributed by atoms with Gasteiger partial charge < -0.3 is 20.1 Å². The zero-order valence-electron chi connectivity index (χ0n) is 19.6. The number of benzene rings is 1. The lowest BCUT2D eigenvalue weighted by Gasteiger charge is -2.36. The third kappa shape index (κ3) is 6.93. The molecule has 182 valence electrons. The Bertz CT molecular complexity index is 872. The number of alkyl carbamates (subject to hydrolysis) is 1. The van der Waals surface area contributed by atoms with E-state index in [9.17, 15) is 19.2 Å². The van der Waals surface area contributed by atoms with Crippen molar-refractivity contribution in [1.82, 2.24) is 10.6 Å². The minimum absolute atomic E-state index is 0.0225. The van der Waals surface area contributed by atoms with Crippen LogP contribution < -0.4 is 10.6 Å². The van der Waals surface area contributed by atoms with Crippen molar-refractivity contribution in [2.75, 3.05) is 13.3 Å². The molecule has 1 aromatic rings. The Labute approximate surface area is 199 Å². The van der Waals surface area contributed by atoms with E-state index in [1.807, 2.05) is 6.07 Å². The quantitative estimate of drug-likeness (QED) is 0.411. The molecule has 0 radical (unpaired) electrons. The van der Waals surface area contributed by atoms with Crippen LogP contribution in [0, 0.1) is 11.8 Å². The Morgan fingerprint density at radius 2 is 1.79 bits per heavy atom. The molecule has 1 aliphatic carbocycles. The second-order valence-electron chi connectivity index (χ2n) is 8.94. The lowest BCUT2D eigenvalue weighted by atomic mass is 9.68. The second-order valence-corrected chi connectivity index (χ2v) is 9.35. The van der Waals surface area contributed by atoms with Gasteiger partial charge in [0.05, 0.1) is 5.41 Å². The van der Waals surface area contributed by atoms with Crippen molar-refractivity contribution in [2.24, 2.45) is 11.8 Å². The summed E-state index contributed by atoms with van der Waals surface area (Å²) in [7, 11) is 0. The van der Waals surface area contributed by atoms with Gasteiger partial charge in [-0.05, 0) is 30.4 Å². The summed E-state index contributed by atoms with van der Waals surface area (Å²) in [5.74, 6) is -1.43. The van der Waals surface area contributed by atoms with E-state index < -0.39 is 30.3 Å². The normalized spacial score (nSPS) is 19.2. The molecule has 0 aliphatic heterocycles. The fourth-order valence-electron chi connectivity index (χ4n) is 3.83. The van der Waals surface area contributed by atoms with E-state index in [0.717, 1.165) is 12.8 Å². The molecule has 0 unspecified atom stereocenters. The number of carbonyl (C=O) groups is 4. The van der Waals surface area contributed by atoms with Gasteiger partial charge in [0.25, 0.3) is 0 Å². The number of hydrogen-bond acceptors (Lipinski definition) is 6. The summed E-state index contributed by atoms with van der Waals surface area (Å²) in [6.45, 7) is 6.40. The maximum absolute atomic E-state index is 12.9. The van der Waals surface area contributed by atoms with E-state index >= 15 is 0 Å². The van der Waals surface area contributed by atoms with Gasteiger partial charge in [-0.15, -0.1) is 0 Å². The average Bonchev–Trinajstić information content (AvgIpc) is 2.77. The molecular weight excluding hydrogens is 448 g/mol. The molecule has 0 heterocycles. The number of amides is 2. The van der Waals surface area contributed by atoms with Crippen LogP contribution in [0.25, 0.3) is 0 Å². The molecule has 0 spiro atoms. The van der Waals surface area contributed by atoms with Crippen LogP contribution in [-0.4, -0.2) is 43.1 Å². The van der Waals surface area contributed by atoms with Crippen molar-refractivity contribution >= 4 is 35.4 Å². The highest BCUT2D eigenvalue weighted by Gasteiger charge is 2.43. The minimum atomic E-state index is -0.920. The number of hydrogen-bond donors (Lipinski definition) is 2. The number of Topliss-reactive ketones (excluding diaryl/α,β-unsaturated/α-hetero) is 1. The fourth-order valence-corrected chi connectivity index (χ4v) is 4.15. The van der Waals surface area contributed by atoms with Gasteiger partial charge in [-0.2, -0.15) is 0 Å². The Balaban J connectivity index is 1.94. The van der Waals surface area contributed by atoms with Crippen molar-refractivity contribution in [3.63, 3.8) is 0 Å². The first-order valence-electron chi connectivity index (χ1n) is 11.2. The monoisotopic (exact) mass is 480 g/mol. The zero-order chi connectivity index (χ0) is 24.6. The number of carbonyl (C=O) groups excluding carboxylic acids is 4. The lowest BCUT2D eigenvalue weighted by Crippen LogP contribution is -2.49. The molecule has 33 heavy (non-hydrogen) atoms. The number of ketones is 1. The van der Waals surface area contributed by atoms with Crippen molar-refractivity contribution in [3.05, 3.63) is 34.9 Å². The molecule has 2 atom stereocenters. The maximum atomic E-state index is 12.9. The largest absolute Gasteiger partial charge is 0.426 e. The molecular formula is C24H33ClN2O6. The first kappa shape index (κ1) is 26.6. The van der Waals surface area contributed by atoms with Gasteiger partial charge in [0.1, 0.15) is 11.8 Å². The van der Waals surface area contributed by atoms with Gasteiger partial charge >= 0.3 is 12.1 Å². The summed E-state index contributed by atoms with van der Waals surface area (Å²) in [5, 5.41) is 5.73. The molecule has 0 bridgehead atoms. The molecule has 0 saturated heterocycles. The summed E-state index contributed by atoms with van der Waals surface area (Å²) < 4.78 is 10.0. The standard InChI is InChI=1S/C24H33ClN2O6/c1-15(2)20(27-21(29)16(3)4)22(30)32-14-33-23(31)26-13-24(12-8-7-11-19(24)28)17-9-5-6-10-18(17)25/h5-6,9-10,15-16,20H,7-8,11-14H2,1-4H3,(H,26,31)(H,27,29)/t20-,24+/m0/s1. The lowest BCUT2D eigenvalue weighted by molar-refractivity contribution is -0.157. The number of esters is 1. The molecule has 8 nitrogen and oxygen atoms in total. The minimum Gasteiger partial charge on any atom is -0.426 e. The van der Waals surface area contributed by atoms with Crippen LogP contribution in [0.2, 0.25) is 5.02 Å². The highest BCUT2D eigenvalue weighted by atomic mass is 35.5. The third-order valence-corrected chi connectivity index (χ3v) is 6.18. The number of ether oxygens (including phenoxy) is 2. The van der Waals surface area contributed by atoms with Gasteiger partial charge in [0, 0.05) is 23.9 Å². The van der Waals surface area contributed by atoms with Crippen LogP contribution in [0.4, 0.5) is 4.79 Å². The van der Waals surface area contributed by atoms with E-state index in [1.165, 1.54) is 0 Å². The molecule has 1 fully saturated rings. The Morgan fingerprint density at radius 3 is 2.39 bits per heavy atom. The molecule has 1 saturated carbocycles. The highest BCUT2D eigenvalue weighted by molar-refractivity contribution is 6.31. The van der Waals surface area contributed by atoms with E-state index in [0.29, 0.717) is 23.4 Å². The molecule has 2 N–H and O–H groups in total. The molecule has 1 aromatic carbocycles. The van der Waals surface area contributed by atoms with Crippen molar-refractivity contribution in [1.29, 1.82) is 0 Å². The van der Waals surface area contributed by atoms with Gasteiger partial charge in [0.2, 0.25) is 12.7 Å². The van der Waals surface area contributed by atoms with Gasteiger partial charge in [-0.1, -0.05) is 63.9 Å². The van der Waals surface area contributed by atoms with Gasteiger partial charge in [0.15, 0.2) is 0 Å². The SMILES string of the molecule is CC(C)C(=O)N[C@H](C(=O)OCOC(=O)NC[C@@]1(c2ccccc2Cl)CCCCC1=O)C(C)C. The Morgan fingerprint density at radius 1 is 1.09 bits per heavy atom. The zero-order valence-corrected chi connectivity index (χ0v) is 20.4. The predicted molar refractivity (Wildman–Crippen MR) is 124 cm³/mol. The average molecular weight is 481 g/mol. The third-order valence-electron chi connectivity index (χ3n) is 5.85. The van der Waals surface area contributed by atoms with Crippen LogP contribution in [0.1, 0.15) is 58.9 Å². The van der Waals surface area contributed by atoms with Crippen LogP contribution in [0.15, 0.2) is 24.3 Å². The van der Waals surface area contributed by atoms with Crippen LogP contribution in [0.5, 0.6) is 0 Å². The first-order chi connectivity index (χ1) is 15.6. The first-order valence-corrected chi connectivity index (χ1v) is 11.6. The van der Waals surface area contributed by atoms with Gasteiger partial charge in [-0.3, -0.25) is 9.59 Å². The van der Waals surface area contributed by atoms with Crippen LogP contribution in [0.3, 0.4) is 0 Å². The van der Waals surface area contributed by atoms with Crippen LogP contribution >= 0.6 is 11.6 Å². The fraction of sp³-hybridized carbons (Fsp3) is 0.583. The van der Waals surface area contributed by atoms with E-state index in [1.54, 1.807) is 45.9 Å². The van der Waals surface area contributed by atoms with E-state index in [4.69, 9.17) is 21.1 Å². The summed E-state index contributed by atoms with van der Waals surface area (Å²) in [6.07, 6.45) is 1.80. The number of rotatable bonds is 9. The predicted octanol–water partition coefficient (Wildman–Crippen LogP) is 3.74. The number of nitrogens with one attached hydrogen (secondary N) is 2. The van der Waals surface area contributed by atoms with Crippen molar-refractivity contribution in [2.45, 2.75) is 64.8 Å². The molecule has 2 rings (SSSR count). The molecule has 9 heteroatoms.